The number of nitrogens with one attached hydrogen (secondary N) is 1. The number of carbonyl (C=O) groups is 1. The SMILES string of the molecule is COc1cc(/C=N/NC(=O)c2ccc(-n3c(C)ccc3-c3ccccc3)cc2)ccc1OC(C)C. The van der Waals surface area contributed by atoms with Crippen molar-refractivity contribution < 1.29 is 14.3 Å². The second kappa shape index (κ2) is 10.7. The highest BCUT2D eigenvalue weighted by atomic mass is 16.5. The molecule has 1 N–H and O–H groups in total. The topological polar surface area (TPSA) is 64.8 Å². The quantitative estimate of drug-likeness (QED) is 0.255. The highest BCUT2D eigenvalue weighted by Crippen LogP contribution is 2.29. The summed E-state index contributed by atoms with van der Waals surface area (Å²) in [6, 6.07) is 27.4. The van der Waals surface area contributed by atoms with Crippen molar-refractivity contribution in [1.82, 2.24) is 9.99 Å². The van der Waals surface area contributed by atoms with Crippen LogP contribution in [0, 0.1) is 6.92 Å². The summed E-state index contributed by atoms with van der Waals surface area (Å²) in [7, 11) is 1.59. The summed E-state index contributed by atoms with van der Waals surface area (Å²) in [6.07, 6.45) is 1.61. The number of ether oxygens (including phenoxy) is 2. The first kappa shape index (κ1) is 23.8. The summed E-state index contributed by atoms with van der Waals surface area (Å²) in [6.45, 7) is 5.98. The maximum atomic E-state index is 12.6. The van der Waals surface area contributed by atoms with E-state index in [2.05, 4.69) is 46.3 Å². The van der Waals surface area contributed by atoms with Crippen LogP contribution in [0.5, 0.6) is 11.5 Å². The van der Waals surface area contributed by atoms with Crippen molar-refractivity contribution in [2.75, 3.05) is 7.11 Å². The van der Waals surface area contributed by atoms with Gasteiger partial charge in [0.1, 0.15) is 0 Å². The molecular weight excluding hydrogens is 438 g/mol. The highest BCUT2D eigenvalue weighted by Gasteiger charge is 2.11. The molecule has 0 spiro atoms. The Labute approximate surface area is 205 Å². The number of hydrazone groups is 1. The molecule has 35 heavy (non-hydrogen) atoms. The zero-order valence-electron chi connectivity index (χ0n) is 20.4. The predicted molar refractivity (Wildman–Crippen MR) is 140 cm³/mol. The van der Waals surface area contributed by atoms with E-state index in [1.807, 2.05) is 62.4 Å². The first-order valence-corrected chi connectivity index (χ1v) is 11.5. The molecule has 0 aliphatic rings. The van der Waals surface area contributed by atoms with Gasteiger partial charge < -0.3 is 14.0 Å². The fourth-order valence-electron chi connectivity index (χ4n) is 3.82. The molecule has 0 atom stereocenters. The highest BCUT2D eigenvalue weighted by molar-refractivity contribution is 5.95. The van der Waals surface area contributed by atoms with E-state index in [9.17, 15) is 4.79 Å². The monoisotopic (exact) mass is 467 g/mol. The van der Waals surface area contributed by atoms with Crippen LogP contribution in [0.2, 0.25) is 0 Å². The van der Waals surface area contributed by atoms with E-state index >= 15 is 0 Å². The van der Waals surface area contributed by atoms with E-state index in [1.165, 1.54) is 0 Å². The van der Waals surface area contributed by atoms with Gasteiger partial charge in [-0.3, -0.25) is 4.79 Å². The zero-order chi connectivity index (χ0) is 24.8. The minimum atomic E-state index is -0.285. The number of aryl methyl sites for hydroxylation is 1. The van der Waals surface area contributed by atoms with Crippen molar-refractivity contribution in [3.05, 3.63) is 102 Å². The maximum Gasteiger partial charge on any atom is 0.271 e. The lowest BCUT2D eigenvalue weighted by Crippen LogP contribution is -2.17. The Bertz CT molecular complexity index is 1320. The second-order valence-corrected chi connectivity index (χ2v) is 8.38. The molecule has 0 fully saturated rings. The van der Waals surface area contributed by atoms with Crippen LogP contribution >= 0.6 is 0 Å². The molecule has 6 heteroatoms. The van der Waals surface area contributed by atoms with Gasteiger partial charge in [-0.1, -0.05) is 30.3 Å². The molecule has 1 heterocycles. The molecule has 0 saturated carbocycles. The van der Waals surface area contributed by atoms with Gasteiger partial charge in [-0.15, -0.1) is 0 Å². The Balaban J connectivity index is 1.45. The molecule has 0 radical (unpaired) electrons. The molecule has 0 bridgehead atoms. The first-order valence-electron chi connectivity index (χ1n) is 11.5. The van der Waals surface area contributed by atoms with Gasteiger partial charge in [0.05, 0.1) is 25.1 Å². The molecule has 6 nitrogen and oxygen atoms in total. The number of rotatable bonds is 8. The smallest absolute Gasteiger partial charge is 0.271 e. The van der Waals surface area contributed by atoms with Crippen molar-refractivity contribution in [3.63, 3.8) is 0 Å². The van der Waals surface area contributed by atoms with Crippen LogP contribution in [0.15, 0.2) is 90.0 Å². The van der Waals surface area contributed by atoms with Gasteiger partial charge in [-0.25, -0.2) is 5.43 Å². The van der Waals surface area contributed by atoms with E-state index in [0.29, 0.717) is 17.1 Å². The molecule has 4 aromatic rings. The number of hydrogen-bond donors (Lipinski definition) is 1. The molecule has 0 aliphatic carbocycles. The van der Waals surface area contributed by atoms with Gasteiger partial charge in [0.15, 0.2) is 11.5 Å². The van der Waals surface area contributed by atoms with Crippen molar-refractivity contribution in [2.45, 2.75) is 26.9 Å². The Kier molecular flexibility index (Phi) is 7.31. The van der Waals surface area contributed by atoms with Gasteiger partial charge >= 0.3 is 0 Å². The summed E-state index contributed by atoms with van der Waals surface area (Å²) in [5, 5.41) is 4.10. The first-order chi connectivity index (χ1) is 17.0. The minimum absolute atomic E-state index is 0.0421. The molecule has 3 aromatic carbocycles. The maximum absolute atomic E-state index is 12.6. The van der Waals surface area contributed by atoms with Crippen LogP contribution in [-0.2, 0) is 0 Å². The van der Waals surface area contributed by atoms with E-state index in [1.54, 1.807) is 25.5 Å². The number of methoxy groups -OCH3 is 1. The van der Waals surface area contributed by atoms with Gasteiger partial charge in [-0.2, -0.15) is 5.10 Å². The third-order valence-electron chi connectivity index (χ3n) is 5.46. The number of benzene rings is 3. The van der Waals surface area contributed by atoms with Crippen LogP contribution in [0.1, 0.15) is 35.5 Å². The van der Waals surface area contributed by atoms with Crippen LogP contribution in [0.3, 0.4) is 0 Å². The number of hydrogen-bond acceptors (Lipinski definition) is 4. The van der Waals surface area contributed by atoms with Crippen LogP contribution in [-0.4, -0.2) is 29.9 Å². The van der Waals surface area contributed by atoms with Gasteiger partial charge in [0.2, 0.25) is 0 Å². The Morgan fingerprint density at radius 1 is 0.943 bits per heavy atom. The molecule has 0 unspecified atom stereocenters. The summed E-state index contributed by atoms with van der Waals surface area (Å²) < 4.78 is 13.3. The summed E-state index contributed by atoms with van der Waals surface area (Å²) >= 11 is 0. The molecule has 1 amide bonds. The van der Waals surface area contributed by atoms with Crippen molar-refractivity contribution >= 4 is 12.1 Å². The fourth-order valence-corrected chi connectivity index (χ4v) is 3.82. The normalized spacial score (nSPS) is 11.1. The second-order valence-electron chi connectivity index (χ2n) is 8.38. The third kappa shape index (κ3) is 5.61. The lowest BCUT2D eigenvalue weighted by atomic mass is 10.1. The average molecular weight is 468 g/mol. The molecule has 0 saturated heterocycles. The number of aromatic nitrogens is 1. The molecule has 1 aromatic heterocycles. The Morgan fingerprint density at radius 2 is 1.69 bits per heavy atom. The van der Waals surface area contributed by atoms with Crippen LogP contribution < -0.4 is 14.9 Å². The minimum Gasteiger partial charge on any atom is -0.493 e. The average Bonchev–Trinajstić information content (AvgIpc) is 3.26. The predicted octanol–water partition coefficient (Wildman–Crippen LogP) is 6.01. The molecule has 178 valence electrons. The van der Waals surface area contributed by atoms with Crippen LogP contribution in [0.4, 0.5) is 0 Å². The van der Waals surface area contributed by atoms with E-state index in [4.69, 9.17) is 9.47 Å². The standard InChI is InChI=1S/C29H29N3O3/c1-20(2)35-27-17-11-22(18-28(27)34-4)19-30-31-29(33)24-12-14-25(15-13-24)32-21(3)10-16-26(32)23-8-6-5-7-9-23/h5-20H,1-4H3,(H,31,33)/b30-19+. The fraction of sp³-hybridized carbons (Fsp3) is 0.172. The van der Waals surface area contributed by atoms with E-state index in [-0.39, 0.29) is 12.0 Å². The zero-order valence-corrected chi connectivity index (χ0v) is 20.4. The largest absolute Gasteiger partial charge is 0.493 e. The lowest BCUT2D eigenvalue weighted by Gasteiger charge is -2.13. The van der Waals surface area contributed by atoms with Crippen molar-refractivity contribution in [3.8, 4) is 28.4 Å². The summed E-state index contributed by atoms with van der Waals surface area (Å²) in [5.41, 5.74) is 8.24. The summed E-state index contributed by atoms with van der Waals surface area (Å²) in [5.74, 6) is 0.990. The van der Waals surface area contributed by atoms with E-state index in [0.717, 1.165) is 28.2 Å². The lowest BCUT2D eigenvalue weighted by molar-refractivity contribution is 0.0955. The third-order valence-corrected chi connectivity index (χ3v) is 5.46. The number of carbonyl (C=O) groups excluding carboxylic acids is 1. The van der Waals surface area contributed by atoms with Gasteiger partial charge in [0.25, 0.3) is 5.91 Å². The molecule has 0 aliphatic heterocycles. The van der Waals surface area contributed by atoms with Crippen LogP contribution in [0.25, 0.3) is 16.9 Å². The van der Waals surface area contributed by atoms with Crippen molar-refractivity contribution in [1.29, 1.82) is 0 Å². The van der Waals surface area contributed by atoms with Gasteiger partial charge in [-0.05, 0) is 86.5 Å². The van der Waals surface area contributed by atoms with E-state index < -0.39 is 0 Å². The number of amides is 1. The van der Waals surface area contributed by atoms with Crippen molar-refractivity contribution in [2.24, 2.45) is 5.10 Å². The molecule has 4 rings (SSSR count). The molecular formula is C29H29N3O3. The summed E-state index contributed by atoms with van der Waals surface area (Å²) in [4.78, 5) is 12.6. The van der Waals surface area contributed by atoms with Gasteiger partial charge in [0, 0.05) is 16.9 Å². The Morgan fingerprint density at radius 3 is 2.37 bits per heavy atom. The Hall–Kier alpha value is -4.32. The number of nitrogens with zero attached hydrogens (tertiary/aromatic N) is 2.